The van der Waals surface area contributed by atoms with Crippen molar-refractivity contribution < 1.29 is 27.6 Å². The Bertz CT molecular complexity index is 761. The number of piperazine rings is 1. The molecule has 0 aliphatic carbocycles. The molecule has 1 fully saturated rings. The van der Waals surface area contributed by atoms with E-state index in [4.69, 9.17) is 9.47 Å². The van der Waals surface area contributed by atoms with Gasteiger partial charge in [-0.05, 0) is 25.5 Å². The molecule has 1 amide bonds. The van der Waals surface area contributed by atoms with Gasteiger partial charge in [-0.2, -0.15) is 4.31 Å². The minimum absolute atomic E-state index is 0.0205. The first-order chi connectivity index (χ1) is 13.3. The van der Waals surface area contributed by atoms with Crippen LogP contribution in [0.5, 0.6) is 11.5 Å². The smallest absolute Gasteiger partial charge is 0.275 e. The highest BCUT2D eigenvalue weighted by Gasteiger charge is 2.31. The molecule has 0 spiro atoms. The number of hydrogen-bond donors (Lipinski definition) is 2. The first kappa shape index (κ1) is 22.4. The molecule has 8 nitrogen and oxygen atoms in total. The molecule has 0 unspecified atom stereocenters. The number of sulfonamides is 1. The van der Waals surface area contributed by atoms with Crippen LogP contribution in [-0.2, 0) is 14.8 Å². The Balaban J connectivity index is 1.95. The average molecular weight is 415 g/mol. The van der Waals surface area contributed by atoms with E-state index >= 15 is 0 Å². The number of benzene rings is 1. The van der Waals surface area contributed by atoms with Crippen molar-refractivity contribution in [2.45, 2.75) is 37.6 Å². The molecule has 1 aliphatic heterocycles. The van der Waals surface area contributed by atoms with Crippen LogP contribution in [0.25, 0.3) is 0 Å². The van der Waals surface area contributed by atoms with Crippen molar-refractivity contribution in [1.29, 1.82) is 0 Å². The Morgan fingerprint density at radius 2 is 1.86 bits per heavy atom. The van der Waals surface area contributed by atoms with Crippen molar-refractivity contribution in [2.24, 2.45) is 0 Å². The summed E-state index contributed by atoms with van der Waals surface area (Å²) in [5, 5.41) is 3.00. The summed E-state index contributed by atoms with van der Waals surface area (Å²) in [4.78, 5) is 13.4. The zero-order valence-corrected chi connectivity index (χ0v) is 18.0. The summed E-state index contributed by atoms with van der Waals surface area (Å²) >= 11 is 0. The second kappa shape index (κ2) is 10.1. The molecule has 1 aromatic rings. The Labute approximate surface area is 167 Å². The molecule has 1 aromatic carbocycles. The highest BCUT2D eigenvalue weighted by molar-refractivity contribution is 7.89. The topological polar surface area (TPSA) is 89.4 Å². The van der Waals surface area contributed by atoms with Gasteiger partial charge in [-0.1, -0.05) is 13.3 Å². The van der Waals surface area contributed by atoms with Gasteiger partial charge in [-0.25, -0.2) is 8.42 Å². The molecule has 158 valence electrons. The number of hydrogen-bond acceptors (Lipinski definition) is 5. The fraction of sp³-hybridized carbons (Fsp3) is 0.632. The van der Waals surface area contributed by atoms with E-state index in [1.807, 2.05) is 6.92 Å². The van der Waals surface area contributed by atoms with Gasteiger partial charge in [0.25, 0.3) is 5.91 Å². The summed E-state index contributed by atoms with van der Waals surface area (Å²) < 4.78 is 37.7. The van der Waals surface area contributed by atoms with Crippen LogP contribution in [0.3, 0.4) is 0 Å². The van der Waals surface area contributed by atoms with Crippen LogP contribution in [0.4, 0.5) is 0 Å². The Morgan fingerprint density at radius 3 is 2.43 bits per heavy atom. The van der Waals surface area contributed by atoms with Crippen molar-refractivity contribution in [3.8, 4) is 11.5 Å². The molecule has 9 heteroatoms. The minimum atomic E-state index is -3.61. The van der Waals surface area contributed by atoms with Crippen LogP contribution < -0.4 is 19.7 Å². The van der Waals surface area contributed by atoms with Crippen LogP contribution in [0.15, 0.2) is 23.1 Å². The summed E-state index contributed by atoms with van der Waals surface area (Å²) in [6.45, 7) is 6.42. The van der Waals surface area contributed by atoms with Gasteiger partial charge in [0.05, 0.1) is 45.3 Å². The molecule has 2 N–H and O–H groups in total. The zero-order chi connectivity index (χ0) is 20.7. The molecule has 1 atom stereocenters. The predicted molar refractivity (Wildman–Crippen MR) is 106 cm³/mol. The normalized spacial score (nSPS) is 17.1. The van der Waals surface area contributed by atoms with Gasteiger partial charge >= 0.3 is 0 Å². The van der Waals surface area contributed by atoms with Crippen LogP contribution in [0.2, 0.25) is 0 Å². The Hall–Kier alpha value is -1.84. The molecule has 0 saturated carbocycles. The van der Waals surface area contributed by atoms with E-state index in [-0.39, 0.29) is 16.8 Å². The van der Waals surface area contributed by atoms with E-state index in [1.165, 1.54) is 30.7 Å². The molecular weight excluding hydrogens is 382 g/mol. The Kier molecular flexibility index (Phi) is 8.09. The maximum Gasteiger partial charge on any atom is 0.275 e. The number of ether oxygens (including phenoxy) is 2. The van der Waals surface area contributed by atoms with Gasteiger partial charge in [0, 0.05) is 12.1 Å². The standard InChI is InChI=1S/C19H31N3O5S/c1-5-6-15(2)20-19(23)14-21-9-11-22(12-10-21)28(24,25)16-7-8-17(26-3)18(13-16)27-4/h7-8,13,15H,5-6,9-12,14H2,1-4H3,(H,20,23)/p+1/t15-/m1/s1. The summed E-state index contributed by atoms with van der Waals surface area (Å²) in [7, 11) is -0.632. The van der Waals surface area contributed by atoms with Gasteiger partial charge in [0.15, 0.2) is 18.0 Å². The third-order valence-electron chi connectivity index (χ3n) is 4.96. The predicted octanol–water partition coefficient (Wildman–Crippen LogP) is -0.102. The number of carbonyl (C=O) groups excluding carboxylic acids is 1. The van der Waals surface area contributed by atoms with Crippen LogP contribution in [-0.4, -0.2) is 71.6 Å². The van der Waals surface area contributed by atoms with E-state index in [9.17, 15) is 13.2 Å². The number of nitrogens with one attached hydrogen (secondary N) is 2. The maximum absolute atomic E-state index is 12.9. The fourth-order valence-electron chi connectivity index (χ4n) is 3.40. The van der Waals surface area contributed by atoms with Gasteiger partial charge in [-0.15, -0.1) is 0 Å². The van der Waals surface area contributed by atoms with E-state index in [0.29, 0.717) is 44.2 Å². The van der Waals surface area contributed by atoms with Crippen molar-refractivity contribution in [1.82, 2.24) is 9.62 Å². The lowest BCUT2D eigenvalue weighted by molar-refractivity contribution is -0.895. The van der Waals surface area contributed by atoms with E-state index < -0.39 is 10.0 Å². The van der Waals surface area contributed by atoms with Gasteiger partial charge < -0.3 is 19.7 Å². The maximum atomic E-state index is 12.9. The number of nitrogens with zero attached hydrogens (tertiary/aromatic N) is 1. The lowest BCUT2D eigenvalue weighted by Crippen LogP contribution is -3.15. The molecule has 0 radical (unpaired) electrons. The van der Waals surface area contributed by atoms with Gasteiger partial charge in [0.2, 0.25) is 10.0 Å². The van der Waals surface area contributed by atoms with Gasteiger partial charge in [0.1, 0.15) is 0 Å². The summed E-state index contributed by atoms with van der Waals surface area (Å²) in [6, 6.07) is 4.77. The molecule has 1 saturated heterocycles. The average Bonchev–Trinajstić information content (AvgIpc) is 2.67. The number of methoxy groups -OCH3 is 2. The molecule has 28 heavy (non-hydrogen) atoms. The molecule has 0 aromatic heterocycles. The highest BCUT2D eigenvalue weighted by Crippen LogP contribution is 2.30. The van der Waals surface area contributed by atoms with Crippen LogP contribution >= 0.6 is 0 Å². The molecule has 0 bridgehead atoms. The van der Waals surface area contributed by atoms with Crippen molar-refractivity contribution in [2.75, 3.05) is 46.9 Å². The highest BCUT2D eigenvalue weighted by atomic mass is 32.2. The molecule has 1 aliphatic rings. The lowest BCUT2D eigenvalue weighted by atomic mass is 10.2. The minimum Gasteiger partial charge on any atom is -0.493 e. The van der Waals surface area contributed by atoms with Gasteiger partial charge in [-0.3, -0.25) is 4.79 Å². The van der Waals surface area contributed by atoms with Crippen molar-refractivity contribution >= 4 is 15.9 Å². The molecule has 2 rings (SSSR count). The number of carbonyl (C=O) groups is 1. The fourth-order valence-corrected chi connectivity index (χ4v) is 4.86. The largest absolute Gasteiger partial charge is 0.493 e. The molecule has 1 heterocycles. The molecular formula is C19H32N3O5S+. The monoisotopic (exact) mass is 414 g/mol. The van der Waals surface area contributed by atoms with Crippen LogP contribution in [0.1, 0.15) is 26.7 Å². The van der Waals surface area contributed by atoms with E-state index in [0.717, 1.165) is 17.7 Å². The summed E-state index contributed by atoms with van der Waals surface area (Å²) in [6.07, 6.45) is 1.99. The third-order valence-corrected chi connectivity index (χ3v) is 6.86. The second-order valence-electron chi connectivity index (χ2n) is 7.10. The summed E-state index contributed by atoms with van der Waals surface area (Å²) in [5.41, 5.74) is 0. The van der Waals surface area contributed by atoms with E-state index in [1.54, 1.807) is 6.07 Å². The van der Waals surface area contributed by atoms with E-state index in [2.05, 4.69) is 12.2 Å². The number of rotatable bonds is 9. The zero-order valence-electron chi connectivity index (χ0n) is 17.2. The Morgan fingerprint density at radius 1 is 1.21 bits per heavy atom. The first-order valence-corrected chi connectivity index (χ1v) is 11.1. The third kappa shape index (κ3) is 5.59. The number of quaternary nitrogens is 1. The van der Waals surface area contributed by atoms with Crippen molar-refractivity contribution in [3.05, 3.63) is 18.2 Å². The van der Waals surface area contributed by atoms with Crippen LogP contribution in [0, 0.1) is 0 Å². The number of amides is 1. The summed E-state index contributed by atoms with van der Waals surface area (Å²) in [5.74, 6) is 0.886. The van der Waals surface area contributed by atoms with Crippen molar-refractivity contribution in [3.63, 3.8) is 0 Å². The first-order valence-electron chi connectivity index (χ1n) is 9.66. The second-order valence-corrected chi connectivity index (χ2v) is 9.04. The quantitative estimate of drug-likeness (QED) is 0.589. The SMILES string of the molecule is CCC[C@@H](C)NC(=O)C[NH+]1CCN(S(=O)(=O)c2ccc(OC)c(OC)c2)CC1. The lowest BCUT2D eigenvalue weighted by Gasteiger charge is -2.31.